The van der Waals surface area contributed by atoms with Crippen molar-refractivity contribution in [1.29, 1.82) is 0 Å². The Morgan fingerprint density at radius 2 is 2.09 bits per heavy atom. The van der Waals surface area contributed by atoms with E-state index in [4.69, 9.17) is 0 Å². The van der Waals surface area contributed by atoms with Crippen molar-refractivity contribution in [2.24, 2.45) is 11.8 Å². The first-order valence-corrected chi connectivity index (χ1v) is 8.10. The molecule has 0 amide bonds. The molecule has 2 aromatic rings. The molecule has 2 atom stereocenters. The fraction of sp³-hybridized carbons (Fsp3) is 0.375. The van der Waals surface area contributed by atoms with E-state index in [-0.39, 0.29) is 11.7 Å². The highest BCUT2D eigenvalue weighted by Crippen LogP contribution is 2.32. The van der Waals surface area contributed by atoms with Crippen molar-refractivity contribution in [2.75, 3.05) is 18.0 Å². The van der Waals surface area contributed by atoms with Crippen molar-refractivity contribution < 1.29 is 14.3 Å². The number of rotatable bonds is 3. The van der Waals surface area contributed by atoms with Crippen molar-refractivity contribution in [3.63, 3.8) is 0 Å². The number of hydrogen-bond donors (Lipinski definition) is 1. The van der Waals surface area contributed by atoms with Crippen LogP contribution in [0.3, 0.4) is 0 Å². The number of thiazole rings is 1. The van der Waals surface area contributed by atoms with Crippen LogP contribution in [0.2, 0.25) is 0 Å². The van der Waals surface area contributed by atoms with Crippen LogP contribution in [0.25, 0.3) is 11.3 Å². The van der Waals surface area contributed by atoms with E-state index in [0.717, 1.165) is 22.9 Å². The van der Waals surface area contributed by atoms with Gasteiger partial charge in [0.25, 0.3) is 0 Å². The molecule has 1 saturated heterocycles. The standard InChI is InChI=1S/C16H17FN2O2S/c1-10-6-12(15(20)21)8-19(7-10)16-18-14(9-22-16)11-2-4-13(17)5-3-11/h2-5,9-10,12H,6-8H2,1H3,(H,20,21). The molecule has 1 aliphatic heterocycles. The largest absolute Gasteiger partial charge is 0.481 e. The van der Waals surface area contributed by atoms with Crippen molar-refractivity contribution in [1.82, 2.24) is 4.98 Å². The lowest BCUT2D eigenvalue weighted by atomic mass is 9.91. The van der Waals surface area contributed by atoms with E-state index in [2.05, 4.69) is 11.9 Å². The third-order valence-corrected chi connectivity index (χ3v) is 4.81. The third kappa shape index (κ3) is 3.11. The molecule has 0 saturated carbocycles. The molecular formula is C16H17FN2O2S. The molecule has 6 heteroatoms. The Hall–Kier alpha value is -1.95. The normalized spacial score (nSPS) is 21.8. The topological polar surface area (TPSA) is 53.4 Å². The highest BCUT2D eigenvalue weighted by Gasteiger charge is 2.30. The van der Waals surface area contributed by atoms with Gasteiger partial charge in [0, 0.05) is 24.0 Å². The summed E-state index contributed by atoms with van der Waals surface area (Å²) in [5, 5.41) is 12.0. The lowest BCUT2D eigenvalue weighted by Crippen LogP contribution is -2.42. The number of carboxylic acid groups (broad SMARTS) is 1. The Labute approximate surface area is 132 Å². The lowest BCUT2D eigenvalue weighted by molar-refractivity contribution is -0.142. The van der Waals surface area contributed by atoms with Crippen LogP contribution >= 0.6 is 11.3 Å². The summed E-state index contributed by atoms with van der Waals surface area (Å²) in [6.07, 6.45) is 0.710. The molecule has 1 N–H and O–H groups in total. The predicted molar refractivity (Wildman–Crippen MR) is 84.6 cm³/mol. The zero-order valence-electron chi connectivity index (χ0n) is 12.2. The van der Waals surface area contributed by atoms with Crippen LogP contribution in [-0.2, 0) is 4.79 Å². The van der Waals surface area contributed by atoms with Gasteiger partial charge in [-0.3, -0.25) is 4.79 Å². The molecular weight excluding hydrogens is 303 g/mol. The van der Waals surface area contributed by atoms with E-state index in [0.29, 0.717) is 18.9 Å². The summed E-state index contributed by atoms with van der Waals surface area (Å²) in [4.78, 5) is 17.9. The molecule has 2 unspecified atom stereocenters. The molecule has 3 rings (SSSR count). The van der Waals surface area contributed by atoms with Crippen molar-refractivity contribution >= 4 is 22.4 Å². The van der Waals surface area contributed by atoms with Gasteiger partial charge in [-0.1, -0.05) is 6.92 Å². The summed E-state index contributed by atoms with van der Waals surface area (Å²) < 4.78 is 13.0. The van der Waals surface area contributed by atoms with Gasteiger partial charge in [0.2, 0.25) is 0 Å². The maximum Gasteiger partial charge on any atom is 0.308 e. The average molecular weight is 320 g/mol. The van der Waals surface area contributed by atoms with E-state index in [1.807, 2.05) is 10.3 Å². The van der Waals surface area contributed by atoms with E-state index >= 15 is 0 Å². The van der Waals surface area contributed by atoms with Gasteiger partial charge in [0.05, 0.1) is 11.6 Å². The number of aliphatic carboxylic acids is 1. The summed E-state index contributed by atoms with van der Waals surface area (Å²) >= 11 is 1.50. The monoisotopic (exact) mass is 320 g/mol. The Kier molecular flexibility index (Phi) is 4.11. The average Bonchev–Trinajstić information content (AvgIpc) is 2.97. The zero-order valence-corrected chi connectivity index (χ0v) is 13.0. The molecule has 1 fully saturated rings. The summed E-state index contributed by atoms with van der Waals surface area (Å²) in [6.45, 7) is 3.38. The Morgan fingerprint density at radius 1 is 1.36 bits per heavy atom. The number of benzene rings is 1. The summed E-state index contributed by atoms with van der Waals surface area (Å²) in [5.74, 6) is -1.03. The second-order valence-corrected chi connectivity index (χ2v) is 6.64. The summed E-state index contributed by atoms with van der Waals surface area (Å²) in [5.41, 5.74) is 1.66. The van der Waals surface area contributed by atoms with E-state index in [1.54, 1.807) is 12.1 Å². The van der Waals surface area contributed by atoms with Crippen LogP contribution in [-0.4, -0.2) is 29.1 Å². The highest BCUT2D eigenvalue weighted by molar-refractivity contribution is 7.14. The summed E-state index contributed by atoms with van der Waals surface area (Å²) in [7, 11) is 0. The minimum Gasteiger partial charge on any atom is -0.481 e. The van der Waals surface area contributed by atoms with Gasteiger partial charge < -0.3 is 10.0 Å². The third-order valence-electron chi connectivity index (χ3n) is 3.91. The maximum absolute atomic E-state index is 13.0. The number of carboxylic acids is 1. The fourth-order valence-corrected chi connectivity index (χ4v) is 3.70. The van der Waals surface area contributed by atoms with Gasteiger partial charge in [-0.25, -0.2) is 9.37 Å². The molecule has 1 aromatic carbocycles. The molecule has 22 heavy (non-hydrogen) atoms. The smallest absolute Gasteiger partial charge is 0.308 e. The van der Waals surface area contributed by atoms with Gasteiger partial charge in [-0.2, -0.15) is 0 Å². The Bertz CT molecular complexity index is 671. The molecule has 0 radical (unpaired) electrons. The van der Waals surface area contributed by atoms with Crippen LogP contribution in [0, 0.1) is 17.7 Å². The number of piperidine rings is 1. The number of halogens is 1. The van der Waals surface area contributed by atoms with Crippen molar-refractivity contribution in [2.45, 2.75) is 13.3 Å². The fourth-order valence-electron chi connectivity index (χ4n) is 2.85. The Balaban J connectivity index is 1.81. The number of hydrogen-bond acceptors (Lipinski definition) is 4. The minimum absolute atomic E-state index is 0.270. The molecule has 0 bridgehead atoms. The molecule has 2 heterocycles. The van der Waals surface area contributed by atoms with Crippen LogP contribution in [0.1, 0.15) is 13.3 Å². The van der Waals surface area contributed by atoms with Gasteiger partial charge in [0.1, 0.15) is 5.82 Å². The number of aromatic nitrogens is 1. The zero-order chi connectivity index (χ0) is 15.7. The van der Waals surface area contributed by atoms with Gasteiger partial charge in [-0.15, -0.1) is 11.3 Å². The van der Waals surface area contributed by atoms with Crippen molar-refractivity contribution in [3.8, 4) is 11.3 Å². The van der Waals surface area contributed by atoms with Gasteiger partial charge >= 0.3 is 5.97 Å². The molecule has 4 nitrogen and oxygen atoms in total. The van der Waals surface area contributed by atoms with Crippen molar-refractivity contribution in [3.05, 3.63) is 35.5 Å². The second kappa shape index (κ2) is 6.04. The van der Waals surface area contributed by atoms with Crippen LogP contribution in [0.4, 0.5) is 9.52 Å². The Morgan fingerprint density at radius 3 is 2.77 bits per heavy atom. The molecule has 1 aromatic heterocycles. The molecule has 0 spiro atoms. The first-order valence-electron chi connectivity index (χ1n) is 7.22. The highest BCUT2D eigenvalue weighted by atomic mass is 32.1. The molecule has 1 aliphatic rings. The molecule has 116 valence electrons. The number of nitrogens with zero attached hydrogens (tertiary/aromatic N) is 2. The van der Waals surface area contributed by atoms with E-state index < -0.39 is 5.97 Å². The number of carbonyl (C=O) groups is 1. The predicted octanol–water partition coefficient (Wildman–Crippen LogP) is 3.50. The SMILES string of the molecule is CC1CC(C(=O)O)CN(c2nc(-c3ccc(F)cc3)cs2)C1. The lowest BCUT2D eigenvalue weighted by Gasteiger charge is -2.34. The first-order chi connectivity index (χ1) is 10.5. The maximum atomic E-state index is 13.0. The van der Waals surface area contributed by atoms with Gasteiger partial charge in [-0.05, 0) is 36.6 Å². The van der Waals surface area contributed by atoms with Crippen LogP contribution in [0.15, 0.2) is 29.6 Å². The molecule has 0 aliphatic carbocycles. The minimum atomic E-state index is -0.744. The first kappa shape index (κ1) is 15.0. The van der Waals surface area contributed by atoms with Crippen LogP contribution < -0.4 is 4.90 Å². The quantitative estimate of drug-likeness (QED) is 0.940. The van der Waals surface area contributed by atoms with Gasteiger partial charge in [0.15, 0.2) is 5.13 Å². The van der Waals surface area contributed by atoms with Crippen LogP contribution in [0.5, 0.6) is 0 Å². The number of anilines is 1. The van der Waals surface area contributed by atoms with E-state index in [9.17, 15) is 14.3 Å². The summed E-state index contributed by atoms with van der Waals surface area (Å²) in [6, 6.07) is 6.23. The second-order valence-electron chi connectivity index (χ2n) is 5.80. The van der Waals surface area contributed by atoms with E-state index in [1.165, 1.54) is 23.5 Å².